The van der Waals surface area contributed by atoms with Gasteiger partial charge in [-0.15, -0.1) is 11.8 Å². The Hall–Kier alpha value is -1.54. The third-order valence-electron chi connectivity index (χ3n) is 4.12. The van der Waals surface area contributed by atoms with E-state index in [1.54, 1.807) is 0 Å². The summed E-state index contributed by atoms with van der Waals surface area (Å²) in [4.78, 5) is 37.0. The van der Waals surface area contributed by atoms with E-state index in [0.29, 0.717) is 11.5 Å². The number of hydrogen-bond acceptors (Lipinski definition) is 6. The van der Waals surface area contributed by atoms with Gasteiger partial charge >= 0.3 is 11.9 Å². The van der Waals surface area contributed by atoms with Crippen molar-refractivity contribution in [1.29, 1.82) is 0 Å². The van der Waals surface area contributed by atoms with E-state index in [1.165, 1.54) is 11.8 Å². The maximum atomic E-state index is 12.1. The molecule has 2 N–H and O–H groups in total. The first kappa shape index (κ1) is 17.8. The molecule has 2 rings (SSSR count). The van der Waals surface area contributed by atoms with Crippen LogP contribution < -0.4 is 0 Å². The van der Waals surface area contributed by atoms with Crippen LogP contribution in [0.25, 0.3) is 0 Å². The second kappa shape index (κ2) is 6.92. The molecule has 0 unspecified atom stereocenters. The number of aliphatic hydroxyl groups is 1. The molecule has 0 aromatic rings. The van der Waals surface area contributed by atoms with Gasteiger partial charge in [0.2, 0.25) is 5.91 Å². The van der Waals surface area contributed by atoms with Crippen molar-refractivity contribution in [3.05, 3.63) is 10.6 Å². The SMILES string of the molecule is CCCOC(=O)CSC1=C(C(=O)O)N2C(=O)[C@H]([C@@H](C)O)[C@H]2[C@H]1C. The summed E-state index contributed by atoms with van der Waals surface area (Å²) in [7, 11) is 0. The molecule has 8 heteroatoms. The maximum Gasteiger partial charge on any atom is 0.353 e. The summed E-state index contributed by atoms with van der Waals surface area (Å²) in [6.45, 7) is 5.56. The van der Waals surface area contributed by atoms with E-state index in [0.717, 1.165) is 18.2 Å². The number of carbonyl (C=O) groups excluding carboxylic acids is 2. The topological polar surface area (TPSA) is 104 Å². The number of β-lactam (4-membered cyclic amide) rings is 1. The van der Waals surface area contributed by atoms with Crippen LogP contribution in [-0.4, -0.2) is 57.5 Å². The van der Waals surface area contributed by atoms with Crippen molar-refractivity contribution in [1.82, 2.24) is 4.90 Å². The molecule has 1 amide bonds. The Labute approximate surface area is 138 Å². The second-order valence-electron chi connectivity index (χ2n) is 5.78. The lowest BCUT2D eigenvalue weighted by Crippen LogP contribution is -2.63. The predicted octanol–water partition coefficient (Wildman–Crippen LogP) is 0.827. The average molecular weight is 343 g/mol. The molecule has 0 radical (unpaired) electrons. The van der Waals surface area contributed by atoms with Gasteiger partial charge in [-0.2, -0.15) is 0 Å². The molecule has 0 aromatic heterocycles. The van der Waals surface area contributed by atoms with Crippen molar-refractivity contribution < 1.29 is 29.3 Å². The van der Waals surface area contributed by atoms with Crippen molar-refractivity contribution in [3.8, 4) is 0 Å². The molecular formula is C15H21NO6S. The summed E-state index contributed by atoms with van der Waals surface area (Å²) in [5.41, 5.74) is -0.0716. The van der Waals surface area contributed by atoms with Gasteiger partial charge in [0, 0.05) is 10.8 Å². The van der Waals surface area contributed by atoms with Crippen LogP contribution in [0.5, 0.6) is 0 Å². The largest absolute Gasteiger partial charge is 0.477 e. The standard InChI is InChI=1S/C15H21NO6S/c1-4-5-22-9(18)6-23-13-7(2)11-10(8(3)17)14(19)16(11)12(13)15(20)21/h7-8,10-11,17H,4-6H2,1-3H3,(H,20,21)/t7-,8-,10-,11-/m1/s1. The van der Waals surface area contributed by atoms with Crippen molar-refractivity contribution in [2.45, 2.75) is 39.3 Å². The van der Waals surface area contributed by atoms with Crippen LogP contribution in [0, 0.1) is 11.8 Å². The van der Waals surface area contributed by atoms with Crippen LogP contribution >= 0.6 is 11.8 Å². The van der Waals surface area contributed by atoms with E-state index in [9.17, 15) is 24.6 Å². The summed E-state index contributed by atoms with van der Waals surface area (Å²) in [5.74, 6) is -2.80. The molecule has 1 saturated heterocycles. The minimum atomic E-state index is -1.19. The van der Waals surface area contributed by atoms with Crippen LogP contribution in [0.3, 0.4) is 0 Å². The summed E-state index contributed by atoms with van der Waals surface area (Å²) < 4.78 is 4.98. The Balaban J connectivity index is 2.15. The molecule has 0 aromatic carbocycles. The monoisotopic (exact) mass is 343 g/mol. The molecular weight excluding hydrogens is 322 g/mol. The van der Waals surface area contributed by atoms with Crippen molar-refractivity contribution in [2.24, 2.45) is 11.8 Å². The summed E-state index contributed by atoms with van der Waals surface area (Å²) >= 11 is 1.10. The highest BCUT2D eigenvalue weighted by Gasteiger charge is 2.59. The number of hydrogen-bond donors (Lipinski definition) is 2. The third-order valence-corrected chi connectivity index (χ3v) is 5.38. The minimum Gasteiger partial charge on any atom is -0.477 e. The molecule has 0 saturated carbocycles. The number of rotatable bonds is 7. The number of esters is 1. The first-order valence-corrected chi connectivity index (χ1v) is 8.56. The van der Waals surface area contributed by atoms with Crippen molar-refractivity contribution in [2.75, 3.05) is 12.4 Å². The molecule has 23 heavy (non-hydrogen) atoms. The molecule has 2 aliphatic heterocycles. The number of carboxylic acids is 1. The van der Waals surface area contributed by atoms with Crippen LogP contribution in [0.15, 0.2) is 10.6 Å². The highest BCUT2D eigenvalue weighted by atomic mass is 32.2. The summed E-state index contributed by atoms with van der Waals surface area (Å²) in [6.07, 6.45) is -0.115. The Morgan fingerprint density at radius 2 is 2.09 bits per heavy atom. The number of aliphatic hydroxyl groups excluding tert-OH is 1. The fourth-order valence-corrected chi connectivity index (χ4v) is 4.19. The van der Waals surface area contributed by atoms with Gasteiger partial charge in [0.15, 0.2) is 0 Å². The molecule has 128 valence electrons. The van der Waals surface area contributed by atoms with E-state index in [2.05, 4.69) is 0 Å². The Kier molecular flexibility index (Phi) is 5.36. The van der Waals surface area contributed by atoms with Crippen LogP contribution in [0.2, 0.25) is 0 Å². The third kappa shape index (κ3) is 3.10. The lowest BCUT2D eigenvalue weighted by molar-refractivity contribution is -0.163. The first-order chi connectivity index (χ1) is 10.8. The van der Waals surface area contributed by atoms with Gasteiger partial charge in [0.1, 0.15) is 5.70 Å². The first-order valence-electron chi connectivity index (χ1n) is 7.58. The Morgan fingerprint density at radius 1 is 1.43 bits per heavy atom. The van der Waals surface area contributed by atoms with Gasteiger partial charge in [0.05, 0.1) is 30.4 Å². The smallest absolute Gasteiger partial charge is 0.353 e. The van der Waals surface area contributed by atoms with Gasteiger partial charge in [-0.05, 0) is 13.3 Å². The summed E-state index contributed by atoms with van der Waals surface area (Å²) in [5, 5.41) is 19.2. The average Bonchev–Trinajstić information content (AvgIpc) is 2.71. The van der Waals surface area contributed by atoms with E-state index in [-0.39, 0.29) is 29.3 Å². The van der Waals surface area contributed by atoms with Crippen molar-refractivity contribution >= 4 is 29.6 Å². The minimum absolute atomic E-state index is 0.00451. The second-order valence-corrected chi connectivity index (χ2v) is 6.80. The van der Waals surface area contributed by atoms with E-state index < -0.39 is 24.0 Å². The fourth-order valence-electron chi connectivity index (χ4n) is 3.11. The number of ether oxygens (including phenoxy) is 1. The normalized spacial score (nSPS) is 27.6. The Morgan fingerprint density at radius 3 is 2.61 bits per heavy atom. The van der Waals surface area contributed by atoms with E-state index in [4.69, 9.17) is 4.74 Å². The Bertz CT molecular complexity index is 558. The van der Waals surface area contributed by atoms with Gasteiger partial charge in [-0.1, -0.05) is 13.8 Å². The number of carboxylic acid groups (broad SMARTS) is 1. The molecule has 0 aliphatic carbocycles. The highest BCUT2D eigenvalue weighted by molar-refractivity contribution is 8.03. The number of aliphatic carboxylic acids is 1. The number of nitrogens with zero attached hydrogens (tertiary/aromatic N) is 1. The van der Waals surface area contributed by atoms with Crippen LogP contribution in [0.4, 0.5) is 0 Å². The van der Waals surface area contributed by atoms with Gasteiger partial charge in [-0.25, -0.2) is 4.79 Å². The number of thioether (sulfide) groups is 1. The zero-order valence-electron chi connectivity index (χ0n) is 13.3. The number of fused-ring (bicyclic) bond motifs is 1. The zero-order valence-corrected chi connectivity index (χ0v) is 14.1. The molecule has 2 heterocycles. The molecule has 7 nitrogen and oxygen atoms in total. The number of carbonyl (C=O) groups is 3. The lowest BCUT2D eigenvalue weighted by Gasteiger charge is -2.46. The quantitative estimate of drug-likeness (QED) is 0.521. The fraction of sp³-hybridized carbons (Fsp3) is 0.667. The molecule has 2 aliphatic rings. The molecule has 0 spiro atoms. The van der Waals surface area contributed by atoms with Gasteiger partial charge < -0.3 is 19.8 Å². The van der Waals surface area contributed by atoms with Gasteiger partial charge in [0.25, 0.3) is 0 Å². The van der Waals surface area contributed by atoms with Crippen molar-refractivity contribution in [3.63, 3.8) is 0 Å². The highest BCUT2D eigenvalue weighted by Crippen LogP contribution is 2.50. The van der Waals surface area contributed by atoms with Crippen LogP contribution in [0.1, 0.15) is 27.2 Å². The lowest BCUT2D eigenvalue weighted by atomic mass is 9.79. The van der Waals surface area contributed by atoms with E-state index in [1.807, 2.05) is 13.8 Å². The molecule has 1 fully saturated rings. The predicted molar refractivity (Wildman–Crippen MR) is 83.3 cm³/mol. The number of amides is 1. The van der Waals surface area contributed by atoms with Crippen LogP contribution in [-0.2, 0) is 19.1 Å². The maximum absolute atomic E-state index is 12.1. The van der Waals surface area contributed by atoms with E-state index >= 15 is 0 Å². The summed E-state index contributed by atoms with van der Waals surface area (Å²) in [6, 6.07) is -0.359. The molecule has 0 bridgehead atoms. The van der Waals surface area contributed by atoms with Gasteiger partial charge in [-0.3, -0.25) is 9.59 Å². The molecule has 4 atom stereocenters. The zero-order chi connectivity index (χ0) is 17.3.